The summed E-state index contributed by atoms with van der Waals surface area (Å²) in [4.78, 5) is 24.0. The summed E-state index contributed by atoms with van der Waals surface area (Å²) in [6.07, 6.45) is 0. The summed E-state index contributed by atoms with van der Waals surface area (Å²) >= 11 is 6.73. The number of carbonyl (C=O) groups excluding carboxylic acids is 1. The summed E-state index contributed by atoms with van der Waals surface area (Å²) in [6, 6.07) is 21.6. The molecule has 3 aromatic carbocycles. The summed E-state index contributed by atoms with van der Waals surface area (Å²) < 4.78 is 0. The van der Waals surface area contributed by atoms with Crippen LogP contribution >= 0.6 is 24.0 Å². The number of non-ortho nitro benzene ring substituents is 1. The number of thiocarbonyl (C=S) groups is 1. The molecular weight excluding hydrogens is 444 g/mol. The van der Waals surface area contributed by atoms with Gasteiger partial charge >= 0.3 is 0 Å². The molecule has 9 heteroatoms. The van der Waals surface area contributed by atoms with Crippen LogP contribution in [0.5, 0.6) is 0 Å². The fraction of sp³-hybridized carbons (Fsp3) is 0.130. The van der Waals surface area contributed by atoms with E-state index in [0.29, 0.717) is 10.8 Å². The number of carbonyl (C=O) groups is 1. The fourth-order valence-electron chi connectivity index (χ4n) is 2.78. The molecule has 1 atom stereocenters. The van der Waals surface area contributed by atoms with Gasteiger partial charge in [-0.15, -0.1) is 11.8 Å². The lowest BCUT2D eigenvalue weighted by Crippen LogP contribution is -2.22. The zero-order chi connectivity index (χ0) is 23.1. The molecule has 0 radical (unpaired) electrons. The van der Waals surface area contributed by atoms with Crippen molar-refractivity contribution in [1.82, 2.24) is 0 Å². The number of para-hydroxylation sites is 1. The van der Waals surface area contributed by atoms with E-state index in [1.165, 1.54) is 23.9 Å². The SMILES string of the molecule is Cc1ccc([N+](=O)[O-])cc1NC(=O)C(C)Sc1ccc(NC(=S)Nc2ccccc2)cc1. The molecule has 0 saturated heterocycles. The maximum absolute atomic E-state index is 12.6. The third-order valence-corrected chi connectivity index (χ3v) is 5.83. The van der Waals surface area contributed by atoms with Crippen LogP contribution in [0.15, 0.2) is 77.7 Å². The van der Waals surface area contributed by atoms with Crippen LogP contribution in [0.3, 0.4) is 0 Å². The molecule has 7 nitrogen and oxygen atoms in total. The average molecular weight is 467 g/mol. The van der Waals surface area contributed by atoms with E-state index < -0.39 is 10.2 Å². The van der Waals surface area contributed by atoms with E-state index >= 15 is 0 Å². The Balaban J connectivity index is 1.55. The highest BCUT2D eigenvalue weighted by molar-refractivity contribution is 8.00. The van der Waals surface area contributed by atoms with Gasteiger partial charge in [-0.25, -0.2) is 0 Å². The van der Waals surface area contributed by atoms with Gasteiger partial charge in [-0.2, -0.15) is 0 Å². The first kappa shape index (κ1) is 23.2. The lowest BCUT2D eigenvalue weighted by Gasteiger charge is -2.14. The summed E-state index contributed by atoms with van der Waals surface area (Å²) in [7, 11) is 0. The Morgan fingerprint density at radius 1 is 0.969 bits per heavy atom. The second-order valence-corrected chi connectivity index (χ2v) is 8.80. The van der Waals surface area contributed by atoms with E-state index in [1.54, 1.807) is 19.9 Å². The molecule has 0 bridgehead atoms. The molecule has 0 heterocycles. The van der Waals surface area contributed by atoms with Gasteiger partial charge in [0.1, 0.15) is 0 Å². The highest BCUT2D eigenvalue weighted by Gasteiger charge is 2.17. The minimum Gasteiger partial charge on any atom is -0.332 e. The molecule has 164 valence electrons. The predicted molar refractivity (Wildman–Crippen MR) is 135 cm³/mol. The van der Waals surface area contributed by atoms with Gasteiger partial charge in [-0.05, 0) is 68.0 Å². The third-order valence-electron chi connectivity index (χ3n) is 4.52. The molecular formula is C23H22N4O3S2. The third kappa shape index (κ3) is 6.53. The smallest absolute Gasteiger partial charge is 0.271 e. The van der Waals surface area contributed by atoms with Gasteiger partial charge in [0.05, 0.1) is 15.9 Å². The van der Waals surface area contributed by atoms with Crippen LogP contribution in [0.25, 0.3) is 0 Å². The van der Waals surface area contributed by atoms with Crippen LogP contribution < -0.4 is 16.0 Å². The Bertz CT molecular complexity index is 1120. The van der Waals surface area contributed by atoms with Crippen LogP contribution in [-0.2, 0) is 4.79 Å². The summed E-state index contributed by atoms with van der Waals surface area (Å²) in [6.45, 7) is 3.58. The number of benzene rings is 3. The number of hydrogen-bond donors (Lipinski definition) is 3. The Morgan fingerprint density at radius 2 is 1.59 bits per heavy atom. The molecule has 0 aliphatic rings. The molecule has 1 amide bonds. The molecule has 0 fully saturated rings. The van der Waals surface area contributed by atoms with Gasteiger partial charge in [0, 0.05) is 28.4 Å². The van der Waals surface area contributed by atoms with Crippen molar-refractivity contribution in [2.75, 3.05) is 16.0 Å². The average Bonchev–Trinajstić information content (AvgIpc) is 2.77. The van der Waals surface area contributed by atoms with E-state index in [1.807, 2.05) is 54.6 Å². The topological polar surface area (TPSA) is 96.3 Å². The van der Waals surface area contributed by atoms with E-state index in [0.717, 1.165) is 21.8 Å². The first-order chi connectivity index (χ1) is 15.3. The van der Waals surface area contributed by atoms with Crippen molar-refractivity contribution < 1.29 is 9.72 Å². The van der Waals surface area contributed by atoms with Crippen molar-refractivity contribution in [2.45, 2.75) is 24.0 Å². The van der Waals surface area contributed by atoms with Crippen molar-refractivity contribution in [2.24, 2.45) is 0 Å². The summed E-state index contributed by atoms with van der Waals surface area (Å²) in [5.41, 5.74) is 2.87. The number of aryl methyl sites for hydroxylation is 1. The van der Waals surface area contributed by atoms with Crippen LogP contribution in [0, 0.1) is 17.0 Å². The van der Waals surface area contributed by atoms with Crippen LogP contribution in [0.4, 0.5) is 22.7 Å². The quantitative estimate of drug-likeness (QED) is 0.174. The zero-order valence-corrected chi connectivity index (χ0v) is 19.1. The first-order valence-electron chi connectivity index (χ1n) is 9.77. The van der Waals surface area contributed by atoms with Gasteiger partial charge in [0.25, 0.3) is 5.69 Å². The second-order valence-electron chi connectivity index (χ2n) is 6.98. The van der Waals surface area contributed by atoms with Crippen molar-refractivity contribution in [3.05, 3.63) is 88.5 Å². The van der Waals surface area contributed by atoms with Gasteiger partial charge in [0.2, 0.25) is 5.91 Å². The standard InChI is InChI=1S/C23H22N4O3S2/c1-15-8-11-19(27(29)30)14-21(15)26-22(28)16(2)32-20-12-9-18(10-13-20)25-23(31)24-17-6-4-3-5-7-17/h3-14,16H,1-2H3,(H,26,28)(H2,24,25,31). The van der Waals surface area contributed by atoms with Gasteiger partial charge in [0.15, 0.2) is 5.11 Å². The van der Waals surface area contributed by atoms with E-state index in [9.17, 15) is 14.9 Å². The van der Waals surface area contributed by atoms with Crippen molar-refractivity contribution >= 4 is 57.7 Å². The predicted octanol–water partition coefficient (Wildman–Crippen LogP) is 5.83. The number of nitro groups is 1. The number of rotatable bonds is 7. The minimum absolute atomic E-state index is 0.0611. The number of nitrogens with zero attached hydrogens (tertiary/aromatic N) is 1. The van der Waals surface area contributed by atoms with E-state index in [-0.39, 0.29) is 11.6 Å². The number of hydrogen-bond acceptors (Lipinski definition) is 5. The Kier molecular flexibility index (Phi) is 7.80. The highest BCUT2D eigenvalue weighted by Crippen LogP contribution is 2.27. The van der Waals surface area contributed by atoms with E-state index in [2.05, 4.69) is 16.0 Å². The lowest BCUT2D eigenvalue weighted by atomic mass is 10.2. The number of amides is 1. The van der Waals surface area contributed by atoms with Crippen molar-refractivity contribution in [1.29, 1.82) is 0 Å². The number of thioether (sulfide) groups is 1. The highest BCUT2D eigenvalue weighted by atomic mass is 32.2. The molecule has 1 unspecified atom stereocenters. The molecule has 0 aromatic heterocycles. The van der Waals surface area contributed by atoms with Gasteiger partial charge < -0.3 is 16.0 Å². The van der Waals surface area contributed by atoms with E-state index in [4.69, 9.17) is 12.2 Å². The zero-order valence-electron chi connectivity index (χ0n) is 17.5. The number of nitro benzene ring substituents is 1. The van der Waals surface area contributed by atoms with Crippen LogP contribution in [0.1, 0.15) is 12.5 Å². The minimum atomic E-state index is -0.482. The second kappa shape index (κ2) is 10.7. The molecule has 3 N–H and O–H groups in total. The fourth-order valence-corrected chi connectivity index (χ4v) is 3.89. The van der Waals surface area contributed by atoms with Gasteiger partial charge in [-0.3, -0.25) is 14.9 Å². The van der Waals surface area contributed by atoms with Gasteiger partial charge in [-0.1, -0.05) is 24.3 Å². The van der Waals surface area contributed by atoms with Crippen LogP contribution in [0.2, 0.25) is 0 Å². The first-order valence-corrected chi connectivity index (χ1v) is 11.1. The largest absolute Gasteiger partial charge is 0.332 e. The Morgan fingerprint density at radius 3 is 2.22 bits per heavy atom. The van der Waals surface area contributed by atoms with Crippen LogP contribution in [-0.4, -0.2) is 21.2 Å². The Labute approximate surface area is 195 Å². The maximum Gasteiger partial charge on any atom is 0.271 e. The molecule has 3 aromatic rings. The maximum atomic E-state index is 12.6. The molecule has 0 aliphatic carbocycles. The number of anilines is 3. The summed E-state index contributed by atoms with van der Waals surface area (Å²) in [5, 5.41) is 20.1. The molecule has 3 rings (SSSR count). The lowest BCUT2D eigenvalue weighted by molar-refractivity contribution is -0.384. The monoisotopic (exact) mass is 466 g/mol. The summed E-state index contributed by atoms with van der Waals surface area (Å²) in [5.74, 6) is -0.228. The normalized spacial score (nSPS) is 11.3. The molecule has 0 aliphatic heterocycles. The molecule has 0 spiro atoms. The van der Waals surface area contributed by atoms with Crippen molar-refractivity contribution in [3.63, 3.8) is 0 Å². The number of nitrogens with one attached hydrogen (secondary N) is 3. The Hall–Kier alpha value is -3.43. The molecule has 32 heavy (non-hydrogen) atoms. The molecule has 0 saturated carbocycles. The van der Waals surface area contributed by atoms with Crippen molar-refractivity contribution in [3.8, 4) is 0 Å².